The third-order valence-corrected chi connectivity index (χ3v) is 5.79. The van der Waals surface area contributed by atoms with Gasteiger partial charge in [-0.1, -0.05) is 19.8 Å². The summed E-state index contributed by atoms with van der Waals surface area (Å²) in [5.41, 5.74) is 0. The highest BCUT2D eigenvalue weighted by atomic mass is 32.2. The van der Waals surface area contributed by atoms with E-state index >= 15 is 0 Å². The molecule has 0 aliphatic carbocycles. The van der Waals surface area contributed by atoms with Gasteiger partial charge in [-0.05, 0) is 24.8 Å². The molecule has 1 saturated heterocycles. The Labute approximate surface area is 121 Å². The number of sulfonamides is 1. The highest BCUT2D eigenvalue weighted by Crippen LogP contribution is 2.26. The van der Waals surface area contributed by atoms with Gasteiger partial charge in [0.25, 0.3) is 0 Å². The first-order valence-corrected chi connectivity index (χ1v) is 8.66. The lowest BCUT2D eigenvalue weighted by Crippen LogP contribution is -2.38. The van der Waals surface area contributed by atoms with Crippen LogP contribution in [-0.2, 0) is 10.0 Å². The molecule has 1 N–H and O–H groups in total. The molecule has 0 radical (unpaired) electrons. The van der Waals surface area contributed by atoms with Crippen LogP contribution in [0.3, 0.4) is 0 Å². The van der Waals surface area contributed by atoms with E-state index in [0.29, 0.717) is 29.7 Å². The number of aromatic nitrogens is 1. The molecule has 112 valence electrons. The van der Waals surface area contributed by atoms with Crippen LogP contribution < -0.4 is 5.32 Å². The Hall–Kier alpha value is -1.14. The topological polar surface area (TPSA) is 62.3 Å². The lowest BCUT2D eigenvalue weighted by molar-refractivity contribution is 0.262. The fourth-order valence-corrected chi connectivity index (χ4v) is 4.19. The molecule has 0 spiro atoms. The van der Waals surface area contributed by atoms with Crippen LogP contribution in [0, 0.1) is 5.92 Å². The maximum absolute atomic E-state index is 12.6. The zero-order valence-corrected chi connectivity index (χ0v) is 13.0. The predicted octanol–water partition coefficient (Wildman–Crippen LogP) is 2.32. The Balaban J connectivity index is 2.11. The van der Waals surface area contributed by atoms with E-state index in [0.717, 1.165) is 12.8 Å². The van der Waals surface area contributed by atoms with Crippen molar-refractivity contribution in [3.63, 3.8) is 0 Å². The minimum absolute atomic E-state index is 0.325. The van der Waals surface area contributed by atoms with Crippen molar-refractivity contribution in [3.05, 3.63) is 18.3 Å². The smallest absolute Gasteiger partial charge is 0.243 e. The van der Waals surface area contributed by atoms with Gasteiger partial charge in [0.15, 0.2) is 0 Å². The summed E-state index contributed by atoms with van der Waals surface area (Å²) in [6.45, 7) is 3.44. The van der Waals surface area contributed by atoms with Gasteiger partial charge in [0, 0.05) is 32.4 Å². The molecule has 0 atom stereocenters. The quantitative estimate of drug-likeness (QED) is 0.906. The van der Waals surface area contributed by atoms with Crippen LogP contribution in [0.25, 0.3) is 0 Å². The van der Waals surface area contributed by atoms with Gasteiger partial charge in [0.2, 0.25) is 10.0 Å². The average molecular weight is 297 g/mol. The van der Waals surface area contributed by atoms with Gasteiger partial charge in [0.1, 0.15) is 5.82 Å². The van der Waals surface area contributed by atoms with E-state index in [1.807, 2.05) is 0 Å². The number of rotatable bonds is 5. The van der Waals surface area contributed by atoms with Gasteiger partial charge in [-0.25, -0.2) is 13.4 Å². The first-order valence-electron chi connectivity index (χ1n) is 7.22. The van der Waals surface area contributed by atoms with E-state index in [9.17, 15) is 8.42 Å². The minimum Gasteiger partial charge on any atom is -0.373 e. The first-order chi connectivity index (χ1) is 9.57. The van der Waals surface area contributed by atoms with E-state index in [1.54, 1.807) is 23.5 Å². The van der Waals surface area contributed by atoms with Crippen molar-refractivity contribution < 1.29 is 8.42 Å². The first kappa shape index (κ1) is 15.3. The molecule has 1 aliphatic heterocycles. The Morgan fingerprint density at radius 1 is 1.40 bits per heavy atom. The molecule has 0 aromatic carbocycles. The van der Waals surface area contributed by atoms with Crippen LogP contribution in [0.1, 0.15) is 32.6 Å². The Bertz CT molecular complexity index is 537. The van der Waals surface area contributed by atoms with Gasteiger partial charge >= 0.3 is 0 Å². The summed E-state index contributed by atoms with van der Waals surface area (Å²) < 4.78 is 26.8. The van der Waals surface area contributed by atoms with E-state index in [4.69, 9.17) is 0 Å². The SMILES string of the molecule is CCCC1CCN(S(=O)(=O)c2ccnc(NC)c2)CC1. The van der Waals surface area contributed by atoms with Crippen LogP contribution >= 0.6 is 0 Å². The Morgan fingerprint density at radius 2 is 2.10 bits per heavy atom. The molecule has 1 aromatic rings. The van der Waals surface area contributed by atoms with Crippen LogP contribution in [0.2, 0.25) is 0 Å². The molecule has 1 aliphatic rings. The van der Waals surface area contributed by atoms with E-state index in [1.165, 1.54) is 19.0 Å². The molecule has 5 nitrogen and oxygen atoms in total. The van der Waals surface area contributed by atoms with E-state index < -0.39 is 10.0 Å². The molecule has 1 aromatic heterocycles. The summed E-state index contributed by atoms with van der Waals surface area (Å²) in [6.07, 6.45) is 5.84. The number of nitrogens with one attached hydrogen (secondary N) is 1. The fraction of sp³-hybridized carbons (Fsp3) is 0.643. The molecule has 0 amide bonds. The lowest BCUT2D eigenvalue weighted by Gasteiger charge is -2.31. The molecule has 2 rings (SSSR count). The third kappa shape index (κ3) is 3.30. The summed E-state index contributed by atoms with van der Waals surface area (Å²) in [5.74, 6) is 1.25. The predicted molar refractivity (Wildman–Crippen MR) is 80.2 cm³/mol. The van der Waals surface area contributed by atoms with Crippen molar-refractivity contribution in [2.45, 2.75) is 37.5 Å². The highest BCUT2D eigenvalue weighted by molar-refractivity contribution is 7.89. The summed E-state index contributed by atoms with van der Waals surface area (Å²) >= 11 is 0. The molecule has 20 heavy (non-hydrogen) atoms. The second-order valence-electron chi connectivity index (χ2n) is 5.26. The average Bonchev–Trinajstić information content (AvgIpc) is 2.48. The van der Waals surface area contributed by atoms with E-state index in [2.05, 4.69) is 17.2 Å². The molecule has 6 heteroatoms. The van der Waals surface area contributed by atoms with Crippen LogP contribution in [0.15, 0.2) is 23.2 Å². The number of pyridine rings is 1. The van der Waals surface area contributed by atoms with Crippen molar-refractivity contribution in [1.82, 2.24) is 9.29 Å². The summed E-state index contributed by atoms with van der Waals surface area (Å²) in [6, 6.07) is 3.15. The van der Waals surface area contributed by atoms with Gasteiger partial charge in [-0.15, -0.1) is 0 Å². The minimum atomic E-state index is -3.38. The van der Waals surface area contributed by atoms with E-state index in [-0.39, 0.29) is 0 Å². The van der Waals surface area contributed by atoms with Gasteiger partial charge in [-0.3, -0.25) is 0 Å². The summed E-state index contributed by atoms with van der Waals surface area (Å²) in [5, 5.41) is 2.87. The van der Waals surface area contributed by atoms with Crippen molar-refractivity contribution in [2.24, 2.45) is 5.92 Å². The van der Waals surface area contributed by atoms with Crippen molar-refractivity contribution in [2.75, 3.05) is 25.5 Å². The third-order valence-electron chi connectivity index (χ3n) is 3.90. The second-order valence-corrected chi connectivity index (χ2v) is 7.20. The standard InChI is InChI=1S/C14H23N3O2S/c1-3-4-12-6-9-17(10-7-12)20(18,19)13-5-8-16-14(11-13)15-2/h5,8,11-12H,3-4,6-7,9-10H2,1-2H3,(H,15,16). The molecule has 2 heterocycles. The largest absolute Gasteiger partial charge is 0.373 e. The molecular formula is C14H23N3O2S. The zero-order valence-electron chi connectivity index (χ0n) is 12.2. The van der Waals surface area contributed by atoms with Crippen molar-refractivity contribution in [1.29, 1.82) is 0 Å². The monoisotopic (exact) mass is 297 g/mol. The number of anilines is 1. The van der Waals surface area contributed by atoms with Gasteiger partial charge < -0.3 is 5.32 Å². The Kier molecular flexibility index (Phi) is 4.99. The number of hydrogen-bond donors (Lipinski definition) is 1. The molecular weight excluding hydrogens is 274 g/mol. The highest BCUT2D eigenvalue weighted by Gasteiger charge is 2.29. The normalized spacial score (nSPS) is 18.1. The maximum atomic E-state index is 12.6. The van der Waals surface area contributed by atoms with Gasteiger partial charge in [-0.2, -0.15) is 4.31 Å². The second kappa shape index (κ2) is 6.54. The summed E-state index contributed by atoms with van der Waals surface area (Å²) in [4.78, 5) is 4.38. The van der Waals surface area contributed by atoms with Crippen molar-refractivity contribution >= 4 is 15.8 Å². The number of nitrogens with zero attached hydrogens (tertiary/aromatic N) is 2. The van der Waals surface area contributed by atoms with Crippen LogP contribution in [0.4, 0.5) is 5.82 Å². The van der Waals surface area contributed by atoms with Crippen LogP contribution in [-0.4, -0.2) is 37.8 Å². The summed E-state index contributed by atoms with van der Waals surface area (Å²) in [7, 11) is -1.65. The number of hydrogen-bond acceptors (Lipinski definition) is 4. The van der Waals surface area contributed by atoms with Crippen molar-refractivity contribution in [3.8, 4) is 0 Å². The molecule has 0 saturated carbocycles. The zero-order chi connectivity index (χ0) is 14.6. The lowest BCUT2D eigenvalue weighted by atomic mass is 9.94. The van der Waals surface area contributed by atoms with Crippen LogP contribution in [0.5, 0.6) is 0 Å². The fourth-order valence-electron chi connectivity index (χ4n) is 2.70. The molecule has 0 unspecified atom stereocenters. The number of piperidine rings is 1. The van der Waals surface area contributed by atoms with Gasteiger partial charge in [0.05, 0.1) is 4.90 Å². The Morgan fingerprint density at radius 3 is 2.70 bits per heavy atom. The molecule has 1 fully saturated rings. The maximum Gasteiger partial charge on any atom is 0.243 e. The molecule has 0 bridgehead atoms.